The molecule has 0 aromatic rings. The van der Waals surface area contributed by atoms with Crippen LogP contribution in [0, 0.1) is 0 Å². The van der Waals surface area contributed by atoms with Crippen LogP contribution in [0.4, 0.5) is 0 Å². The molecule has 1 nitrogen and oxygen atoms in total. The van der Waals surface area contributed by atoms with Gasteiger partial charge in [0.2, 0.25) is 0 Å². The SMILES string of the molecule is Cl.I.O.[KH].[KH]. The van der Waals surface area contributed by atoms with E-state index >= 15 is 0 Å². The van der Waals surface area contributed by atoms with Crippen molar-refractivity contribution in [2.75, 3.05) is 0 Å². The first-order valence-electron chi connectivity index (χ1n) is 0. The summed E-state index contributed by atoms with van der Waals surface area (Å²) in [6.45, 7) is 0. The first-order valence-corrected chi connectivity index (χ1v) is 0. The van der Waals surface area contributed by atoms with Gasteiger partial charge in [-0.25, -0.2) is 0 Å². The second kappa shape index (κ2) is 24.0. The molecule has 5 heavy (non-hydrogen) atoms. The van der Waals surface area contributed by atoms with Crippen molar-refractivity contribution in [3.05, 3.63) is 0 Å². The molecule has 0 aromatic carbocycles. The predicted octanol–water partition coefficient (Wildman–Crippen LogP) is -1.08. The van der Waals surface area contributed by atoms with Crippen LogP contribution < -0.4 is 0 Å². The summed E-state index contributed by atoms with van der Waals surface area (Å²) in [5.41, 5.74) is 0. The summed E-state index contributed by atoms with van der Waals surface area (Å²) >= 11 is 0. The van der Waals surface area contributed by atoms with Gasteiger partial charge in [-0.2, -0.15) is 0 Å². The fourth-order valence-corrected chi connectivity index (χ4v) is 0. The summed E-state index contributed by atoms with van der Waals surface area (Å²) in [7, 11) is 0. The van der Waals surface area contributed by atoms with Gasteiger partial charge in [-0.15, -0.1) is 36.4 Å². The average Bonchev–Trinajstić information content (AvgIpc) is 0. The molecule has 0 saturated heterocycles. The molecule has 0 aliphatic heterocycles. The molecule has 0 bridgehead atoms. The monoisotopic (exact) mass is 262 g/mol. The average molecular weight is 263 g/mol. The first kappa shape index (κ1) is 34.8. The fourth-order valence-electron chi connectivity index (χ4n) is 0. The summed E-state index contributed by atoms with van der Waals surface area (Å²) < 4.78 is 0. The van der Waals surface area contributed by atoms with E-state index in [9.17, 15) is 0 Å². The van der Waals surface area contributed by atoms with E-state index in [1.165, 1.54) is 0 Å². The molecule has 0 atom stereocenters. The van der Waals surface area contributed by atoms with Crippen molar-refractivity contribution in [1.29, 1.82) is 0 Å². The van der Waals surface area contributed by atoms with Gasteiger partial charge >= 0.3 is 103 Å². The van der Waals surface area contributed by atoms with E-state index in [0.717, 1.165) is 0 Å². The fraction of sp³-hybridized carbons (Fsp3) is 0. The third-order valence-electron chi connectivity index (χ3n) is 0. The summed E-state index contributed by atoms with van der Waals surface area (Å²) in [4.78, 5) is 0. The number of hydrogen-bond acceptors (Lipinski definition) is 0. The van der Waals surface area contributed by atoms with Crippen LogP contribution in [0.25, 0.3) is 0 Å². The molecule has 0 fully saturated rings. The van der Waals surface area contributed by atoms with Gasteiger partial charge in [0.05, 0.1) is 0 Å². The van der Waals surface area contributed by atoms with Gasteiger partial charge in [0.1, 0.15) is 0 Å². The Morgan fingerprint density at radius 1 is 0.800 bits per heavy atom. The Balaban J connectivity index is 0. The quantitative estimate of drug-likeness (QED) is 0.393. The van der Waals surface area contributed by atoms with Crippen LogP contribution in [0.5, 0.6) is 0 Å². The van der Waals surface area contributed by atoms with E-state index in [1.807, 2.05) is 0 Å². The van der Waals surface area contributed by atoms with Crippen molar-refractivity contribution in [3.63, 3.8) is 0 Å². The predicted molar refractivity (Wildman–Crippen MR) is 40.6 cm³/mol. The van der Waals surface area contributed by atoms with Crippen molar-refractivity contribution in [2.45, 2.75) is 0 Å². The van der Waals surface area contributed by atoms with Crippen LogP contribution in [0.15, 0.2) is 0 Å². The molecule has 0 amide bonds. The van der Waals surface area contributed by atoms with Gasteiger partial charge in [0, 0.05) is 0 Å². The molecule has 0 aromatic heterocycles. The Hall–Kier alpha value is 4.25. The third-order valence-corrected chi connectivity index (χ3v) is 0. The molecule has 0 radical (unpaired) electrons. The summed E-state index contributed by atoms with van der Waals surface area (Å²) in [6, 6.07) is 0. The minimum absolute atomic E-state index is 0. The zero-order chi connectivity index (χ0) is 0. The molecular formula is H6ClIK2O. The van der Waals surface area contributed by atoms with Gasteiger partial charge < -0.3 is 5.48 Å². The molecule has 0 spiro atoms. The van der Waals surface area contributed by atoms with Crippen molar-refractivity contribution >= 4 is 139 Å². The zero-order valence-corrected chi connectivity index (χ0v) is 4.46. The van der Waals surface area contributed by atoms with Gasteiger partial charge in [0.25, 0.3) is 0 Å². The Kier molecular flexibility index (Phi) is 167. The molecule has 0 saturated carbocycles. The topological polar surface area (TPSA) is 31.5 Å². The molecule has 0 aliphatic rings. The molecule has 0 rings (SSSR count). The van der Waals surface area contributed by atoms with Gasteiger partial charge in [-0.05, 0) is 0 Å². The van der Waals surface area contributed by atoms with Gasteiger partial charge in [-0.1, -0.05) is 0 Å². The molecule has 0 heterocycles. The molecular weight excluding hydrogens is 257 g/mol. The molecule has 5 heteroatoms. The van der Waals surface area contributed by atoms with Crippen LogP contribution in [-0.4, -0.2) is 108 Å². The summed E-state index contributed by atoms with van der Waals surface area (Å²) in [6.07, 6.45) is 0. The van der Waals surface area contributed by atoms with E-state index < -0.39 is 0 Å². The second-order valence-electron chi connectivity index (χ2n) is 0. The Bertz CT molecular complexity index is 9.61. The molecule has 0 unspecified atom stereocenters. The van der Waals surface area contributed by atoms with E-state index in [2.05, 4.69) is 0 Å². The van der Waals surface area contributed by atoms with E-state index in [4.69, 9.17) is 0 Å². The van der Waals surface area contributed by atoms with Crippen LogP contribution in [-0.2, 0) is 0 Å². The molecule has 0 aliphatic carbocycles. The van der Waals surface area contributed by atoms with Crippen LogP contribution in [0.3, 0.4) is 0 Å². The second-order valence-corrected chi connectivity index (χ2v) is 0. The molecule has 28 valence electrons. The van der Waals surface area contributed by atoms with Crippen molar-refractivity contribution < 1.29 is 5.48 Å². The summed E-state index contributed by atoms with van der Waals surface area (Å²) in [5.74, 6) is 0. The number of halogens is 2. The Morgan fingerprint density at radius 3 is 0.800 bits per heavy atom. The standard InChI is InChI=1S/ClH.HI.2K.H2O.2H/h2*1H;;;1H2;;. The maximum absolute atomic E-state index is 0. The summed E-state index contributed by atoms with van der Waals surface area (Å²) in [5, 5.41) is 0. The maximum atomic E-state index is 0. The van der Waals surface area contributed by atoms with Gasteiger partial charge in [-0.3, -0.25) is 0 Å². The minimum atomic E-state index is 0. The molecule has 2 N–H and O–H groups in total. The van der Waals surface area contributed by atoms with Crippen molar-refractivity contribution in [2.24, 2.45) is 0 Å². The van der Waals surface area contributed by atoms with E-state index in [1.54, 1.807) is 0 Å². The van der Waals surface area contributed by atoms with Crippen LogP contribution in [0.2, 0.25) is 0 Å². The van der Waals surface area contributed by atoms with Crippen LogP contribution in [0.1, 0.15) is 0 Å². The Labute approximate surface area is 140 Å². The van der Waals surface area contributed by atoms with Gasteiger partial charge in [0.15, 0.2) is 0 Å². The van der Waals surface area contributed by atoms with Crippen molar-refractivity contribution in [1.82, 2.24) is 0 Å². The van der Waals surface area contributed by atoms with Crippen molar-refractivity contribution in [3.8, 4) is 0 Å². The number of rotatable bonds is 0. The van der Waals surface area contributed by atoms with E-state index in [-0.39, 0.29) is 145 Å². The normalized spacial score (nSPS) is 0. The third kappa shape index (κ3) is 17.8. The van der Waals surface area contributed by atoms with E-state index in [0.29, 0.717) is 0 Å². The Morgan fingerprint density at radius 2 is 0.800 bits per heavy atom. The number of hydrogen-bond donors (Lipinski definition) is 0. The van der Waals surface area contributed by atoms with Crippen LogP contribution >= 0.6 is 36.4 Å². The first-order chi connectivity index (χ1) is 0. The zero-order valence-electron chi connectivity index (χ0n) is 1.32.